The summed E-state index contributed by atoms with van der Waals surface area (Å²) in [5.41, 5.74) is 2.31. The molecule has 0 radical (unpaired) electrons. The number of nitrogens with one attached hydrogen (secondary N) is 1. The lowest BCUT2D eigenvalue weighted by Crippen LogP contribution is -2.11. The molecule has 0 spiro atoms. The molecule has 29 heavy (non-hydrogen) atoms. The summed E-state index contributed by atoms with van der Waals surface area (Å²) in [6.45, 7) is 0. The SMILES string of the molecule is COc1cccc(C(=O)Nc2nc(-c3cccc(C#N)c3)c(-n3cncn3)s2)c1. The van der Waals surface area contributed by atoms with E-state index in [2.05, 4.69) is 26.5 Å². The van der Waals surface area contributed by atoms with Gasteiger partial charge in [-0.2, -0.15) is 10.4 Å². The Morgan fingerprint density at radius 2 is 2.10 bits per heavy atom. The lowest BCUT2D eigenvalue weighted by molar-refractivity contribution is 0.102. The van der Waals surface area contributed by atoms with Crippen LogP contribution >= 0.6 is 11.3 Å². The smallest absolute Gasteiger partial charge is 0.257 e. The molecule has 2 aromatic heterocycles. The maximum Gasteiger partial charge on any atom is 0.257 e. The van der Waals surface area contributed by atoms with Gasteiger partial charge in [0.1, 0.15) is 29.1 Å². The van der Waals surface area contributed by atoms with E-state index in [0.29, 0.717) is 32.7 Å². The predicted octanol–water partition coefficient (Wildman–Crippen LogP) is 3.52. The molecule has 4 aromatic rings. The predicted molar refractivity (Wildman–Crippen MR) is 108 cm³/mol. The molecule has 4 rings (SSSR count). The number of methoxy groups -OCH3 is 1. The van der Waals surface area contributed by atoms with Crippen molar-refractivity contribution in [1.82, 2.24) is 19.7 Å². The second-order valence-electron chi connectivity index (χ2n) is 5.89. The van der Waals surface area contributed by atoms with Gasteiger partial charge in [0, 0.05) is 11.1 Å². The molecule has 142 valence electrons. The van der Waals surface area contributed by atoms with Gasteiger partial charge in [-0.15, -0.1) is 0 Å². The number of anilines is 1. The topological polar surface area (TPSA) is 106 Å². The van der Waals surface area contributed by atoms with Crippen LogP contribution in [0.4, 0.5) is 5.13 Å². The number of nitrogens with zero attached hydrogens (tertiary/aromatic N) is 5. The summed E-state index contributed by atoms with van der Waals surface area (Å²) < 4.78 is 6.75. The Kier molecular flexibility index (Phi) is 5.01. The number of aromatic nitrogens is 4. The Bertz CT molecular complexity index is 1210. The van der Waals surface area contributed by atoms with Gasteiger partial charge in [-0.3, -0.25) is 10.1 Å². The van der Waals surface area contributed by atoms with Crippen LogP contribution in [0.25, 0.3) is 16.3 Å². The molecule has 8 nitrogen and oxygen atoms in total. The number of hydrogen-bond donors (Lipinski definition) is 1. The van der Waals surface area contributed by atoms with Crippen molar-refractivity contribution in [2.45, 2.75) is 0 Å². The molecular weight excluding hydrogens is 388 g/mol. The van der Waals surface area contributed by atoms with Crippen LogP contribution in [0, 0.1) is 11.3 Å². The third-order valence-electron chi connectivity index (χ3n) is 4.05. The number of rotatable bonds is 5. The van der Waals surface area contributed by atoms with E-state index in [1.165, 1.54) is 17.7 Å². The largest absolute Gasteiger partial charge is 0.497 e. The number of ether oxygens (including phenoxy) is 1. The number of hydrogen-bond acceptors (Lipinski definition) is 7. The van der Waals surface area contributed by atoms with Crippen molar-refractivity contribution in [1.29, 1.82) is 5.26 Å². The van der Waals surface area contributed by atoms with E-state index >= 15 is 0 Å². The maximum atomic E-state index is 12.6. The number of nitriles is 1. The van der Waals surface area contributed by atoms with Crippen LogP contribution in [0.5, 0.6) is 5.75 Å². The average Bonchev–Trinajstić information content (AvgIpc) is 3.43. The Labute approximate surface area is 170 Å². The lowest BCUT2D eigenvalue weighted by Gasteiger charge is -2.04. The second kappa shape index (κ2) is 7.92. The summed E-state index contributed by atoms with van der Waals surface area (Å²) in [6, 6.07) is 16.1. The van der Waals surface area contributed by atoms with Gasteiger partial charge in [0.2, 0.25) is 0 Å². The van der Waals surface area contributed by atoms with Gasteiger partial charge in [0.05, 0.1) is 18.7 Å². The van der Waals surface area contributed by atoms with Crippen molar-refractivity contribution >= 4 is 22.4 Å². The minimum Gasteiger partial charge on any atom is -0.497 e. The summed E-state index contributed by atoms with van der Waals surface area (Å²) in [4.78, 5) is 21.2. The molecule has 2 aromatic carbocycles. The first kappa shape index (κ1) is 18.3. The van der Waals surface area contributed by atoms with Gasteiger partial charge in [-0.25, -0.2) is 14.6 Å². The van der Waals surface area contributed by atoms with Gasteiger partial charge in [-0.1, -0.05) is 29.5 Å². The highest BCUT2D eigenvalue weighted by atomic mass is 32.1. The maximum absolute atomic E-state index is 12.6. The van der Waals surface area contributed by atoms with Gasteiger partial charge in [0.25, 0.3) is 5.91 Å². The van der Waals surface area contributed by atoms with E-state index in [9.17, 15) is 10.1 Å². The first-order valence-electron chi connectivity index (χ1n) is 8.49. The number of thiazole rings is 1. The second-order valence-corrected chi connectivity index (χ2v) is 6.87. The Hall–Kier alpha value is -4.03. The molecule has 1 amide bonds. The zero-order valence-electron chi connectivity index (χ0n) is 15.2. The fourth-order valence-electron chi connectivity index (χ4n) is 2.69. The number of benzene rings is 2. The quantitative estimate of drug-likeness (QED) is 0.547. The summed E-state index contributed by atoms with van der Waals surface area (Å²) in [6.07, 6.45) is 2.97. The van der Waals surface area contributed by atoms with Crippen LogP contribution in [0.2, 0.25) is 0 Å². The van der Waals surface area contributed by atoms with Crippen molar-refractivity contribution in [3.63, 3.8) is 0 Å². The highest BCUT2D eigenvalue weighted by Gasteiger charge is 2.18. The Balaban J connectivity index is 1.71. The standard InChI is InChI=1S/C20H14N6O2S/c1-28-16-7-3-6-15(9-16)18(27)25-20-24-17(14-5-2-4-13(8-14)10-21)19(29-20)26-12-22-11-23-26/h2-9,11-12H,1H3,(H,24,25,27). The number of carbonyl (C=O) groups is 1. The number of carbonyl (C=O) groups excluding carboxylic acids is 1. The minimum atomic E-state index is -0.305. The average molecular weight is 402 g/mol. The molecule has 2 heterocycles. The molecule has 0 saturated carbocycles. The molecule has 0 bridgehead atoms. The molecular formula is C20H14N6O2S. The van der Waals surface area contributed by atoms with E-state index in [0.717, 1.165) is 5.56 Å². The summed E-state index contributed by atoms with van der Waals surface area (Å²) in [5.74, 6) is 0.286. The molecule has 0 aliphatic carbocycles. The molecule has 0 aliphatic rings. The van der Waals surface area contributed by atoms with E-state index in [1.54, 1.807) is 60.6 Å². The van der Waals surface area contributed by atoms with Gasteiger partial charge in [0.15, 0.2) is 5.13 Å². The molecule has 0 saturated heterocycles. The third-order valence-corrected chi connectivity index (χ3v) is 5.01. The van der Waals surface area contributed by atoms with Crippen molar-refractivity contribution in [2.24, 2.45) is 0 Å². The van der Waals surface area contributed by atoms with E-state index in [4.69, 9.17) is 4.74 Å². The highest BCUT2D eigenvalue weighted by Crippen LogP contribution is 2.34. The van der Waals surface area contributed by atoms with Crippen LogP contribution in [0.1, 0.15) is 15.9 Å². The lowest BCUT2D eigenvalue weighted by atomic mass is 10.1. The molecule has 0 unspecified atom stereocenters. The van der Waals surface area contributed by atoms with Gasteiger partial charge in [-0.05, 0) is 30.3 Å². The van der Waals surface area contributed by atoms with Crippen molar-refractivity contribution in [3.05, 3.63) is 72.3 Å². The Morgan fingerprint density at radius 1 is 1.24 bits per heavy atom. The van der Waals surface area contributed by atoms with Crippen LogP contribution in [0.15, 0.2) is 61.2 Å². The van der Waals surface area contributed by atoms with Crippen molar-refractivity contribution < 1.29 is 9.53 Å². The first-order chi connectivity index (χ1) is 14.2. The fourth-order valence-corrected chi connectivity index (χ4v) is 3.60. The number of amides is 1. The van der Waals surface area contributed by atoms with Crippen molar-refractivity contribution in [3.8, 4) is 28.1 Å². The van der Waals surface area contributed by atoms with Crippen molar-refractivity contribution in [2.75, 3.05) is 12.4 Å². The normalized spacial score (nSPS) is 10.3. The molecule has 0 fully saturated rings. The first-order valence-corrected chi connectivity index (χ1v) is 9.31. The molecule has 0 aliphatic heterocycles. The summed E-state index contributed by atoms with van der Waals surface area (Å²) >= 11 is 1.26. The monoisotopic (exact) mass is 402 g/mol. The minimum absolute atomic E-state index is 0.305. The van der Waals surface area contributed by atoms with Gasteiger partial charge >= 0.3 is 0 Å². The zero-order chi connectivity index (χ0) is 20.2. The van der Waals surface area contributed by atoms with Crippen LogP contribution in [-0.2, 0) is 0 Å². The fraction of sp³-hybridized carbons (Fsp3) is 0.0500. The summed E-state index contributed by atoms with van der Waals surface area (Å²) in [5, 5.41) is 17.3. The van der Waals surface area contributed by atoms with E-state index in [1.807, 2.05) is 6.07 Å². The van der Waals surface area contributed by atoms with E-state index < -0.39 is 0 Å². The van der Waals surface area contributed by atoms with Crippen LogP contribution < -0.4 is 10.1 Å². The third kappa shape index (κ3) is 3.83. The molecule has 0 atom stereocenters. The van der Waals surface area contributed by atoms with Crippen LogP contribution in [-0.4, -0.2) is 32.8 Å². The van der Waals surface area contributed by atoms with Crippen LogP contribution in [0.3, 0.4) is 0 Å². The zero-order valence-corrected chi connectivity index (χ0v) is 16.1. The molecule has 1 N–H and O–H groups in total. The highest BCUT2D eigenvalue weighted by molar-refractivity contribution is 7.18. The summed E-state index contributed by atoms with van der Waals surface area (Å²) in [7, 11) is 1.55. The Morgan fingerprint density at radius 3 is 2.86 bits per heavy atom. The van der Waals surface area contributed by atoms with Gasteiger partial charge < -0.3 is 4.74 Å². The van der Waals surface area contributed by atoms with E-state index in [-0.39, 0.29) is 5.91 Å². The molecule has 9 heteroatoms.